The Hall–Kier alpha value is -2.10. The normalized spacial score (nSPS) is 18.8. The third kappa shape index (κ3) is 2.64. The second-order valence-corrected chi connectivity index (χ2v) is 7.60. The van der Waals surface area contributed by atoms with Crippen LogP contribution in [0.15, 0.2) is 53.1 Å². The average Bonchev–Trinajstić information content (AvgIpc) is 3.00. The minimum Gasteiger partial charge on any atom is -0.464 e. The van der Waals surface area contributed by atoms with Gasteiger partial charge >= 0.3 is 0 Å². The third-order valence-electron chi connectivity index (χ3n) is 5.08. The molecule has 2 heterocycles. The summed E-state index contributed by atoms with van der Waals surface area (Å²) in [6.45, 7) is 6.11. The number of hydrogen-bond acceptors (Lipinski definition) is 3. The molecule has 1 atom stereocenters. The Balaban J connectivity index is 1.80. The van der Waals surface area contributed by atoms with E-state index >= 15 is 0 Å². The first kappa shape index (κ1) is 15.4. The topological polar surface area (TPSA) is 42.4 Å². The number of hydrogen-bond donors (Lipinski definition) is 1. The molecule has 3 aromatic rings. The van der Waals surface area contributed by atoms with E-state index in [-0.39, 0.29) is 5.54 Å². The van der Waals surface area contributed by atoms with Crippen molar-refractivity contribution in [1.82, 2.24) is 4.90 Å². The summed E-state index contributed by atoms with van der Waals surface area (Å²) < 4.78 is 5.60. The van der Waals surface area contributed by atoms with E-state index in [1.54, 1.807) is 6.26 Å². The molecule has 2 aromatic carbocycles. The molecular weight excluding hydrogens is 296 g/mol. The van der Waals surface area contributed by atoms with E-state index in [9.17, 15) is 0 Å². The van der Waals surface area contributed by atoms with E-state index in [2.05, 4.69) is 62.2 Å². The number of nitrogens with zero attached hydrogens (tertiary/aromatic N) is 1. The number of fused-ring (bicyclic) bond motifs is 2. The van der Waals surface area contributed by atoms with Crippen LogP contribution in [0.5, 0.6) is 0 Å². The Morgan fingerprint density at radius 3 is 2.75 bits per heavy atom. The van der Waals surface area contributed by atoms with Crippen molar-refractivity contribution in [2.45, 2.75) is 31.8 Å². The van der Waals surface area contributed by atoms with Gasteiger partial charge in [0.15, 0.2) is 0 Å². The number of likely N-dealkylation sites (N-methyl/N-ethyl adjacent to an activating group) is 1. The molecule has 0 aliphatic carbocycles. The number of benzene rings is 2. The molecule has 0 fully saturated rings. The van der Waals surface area contributed by atoms with Gasteiger partial charge in [-0.3, -0.25) is 0 Å². The number of nitrogens with two attached hydrogens (primary N) is 1. The molecule has 1 aromatic heterocycles. The monoisotopic (exact) mass is 320 g/mol. The zero-order valence-corrected chi connectivity index (χ0v) is 14.5. The predicted octanol–water partition coefficient (Wildman–Crippen LogP) is 4.20. The lowest BCUT2D eigenvalue weighted by molar-refractivity contribution is 0.294. The minimum atomic E-state index is -0.312. The van der Waals surface area contributed by atoms with Gasteiger partial charge in [0.25, 0.3) is 0 Å². The van der Waals surface area contributed by atoms with Gasteiger partial charge in [-0.1, -0.05) is 30.3 Å². The van der Waals surface area contributed by atoms with Gasteiger partial charge < -0.3 is 15.1 Å². The molecule has 0 amide bonds. The Bertz CT molecular complexity index is 888. The van der Waals surface area contributed by atoms with Gasteiger partial charge in [0.2, 0.25) is 0 Å². The first-order chi connectivity index (χ1) is 11.4. The second-order valence-electron chi connectivity index (χ2n) is 7.60. The highest BCUT2D eigenvalue weighted by atomic mass is 16.3. The Morgan fingerprint density at radius 2 is 1.96 bits per heavy atom. The van der Waals surface area contributed by atoms with Gasteiger partial charge in [-0.25, -0.2) is 0 Å². The molecule has 0 saturated carbocycles. The first-order valence-corrected chi connectivity index (χ1v) is 8.50. The molecule has 0 spiro atoms. The predicted molar refractivity (Wildman–Crippen MR) is 98.0 cm³/mol. The van der Waals surface area contributed by atoms with Crippen LogP contribution in [-0.4, -0.2) is 18.5 Å². The molecule has 0 radical (unpaired) electrons. The summed E-state index contributed by atoms with van der Waals surface area (Å²) in [4.78, 5) is 2.38. The molecule has 1 unspecified atom stereocenters. The Kier molecular flexibility index (Phi) is 3.52. The van der Waals surface area contributed by atoms with Gasteiger partial charge in [-0.2, -0.15) is 0 Å². The zero-order chi connectivity index (χ0) is 16.9. The minimum absolute atomic E-state index is 0.312. The highest BCUT2D eigenvalue weighted by Gasteiger charge is 2.26. The van der Waals surface area contributed by atoms with Crippen molar-refractivity contribution in [2.24, 2.45) is 5.73 Å². The second kappa shape index (κ2) is 5.47. The van der Waals surface area contributed by atoms with Crippen molar-refractivity contribution in [1.29, 1.82) is 0 Å². The molecule has 0 bridgehead atoms. The van der Waals surface area contributed by atoms with Crippen LogP contribution in [0.3, 0.4) is 0 Å². The van der Waals surface area contributed by atoms with E-state index in [0.29, 0.717) is 5.92 Å². The maximum Gasteiger partial charge on any atom is 0.134 e. The van der Waals surface area contributed by atoms with Gasteiger partial charge in [0, 0.05) is 29.9 Å². The van der Waals surface area contributed by atoms with Gasteiger partial charge in [0.1, 0.15) is 5.58 Å². The summed E-state index contributed by atoms with van der Waals surface area (Å²) in [6.07, 6.45) is 1.75. The quantitative estimate of drug-likeness (QED) is 0.769. The smallest absolute Gasteiger partial charge is 0.134 e. The Morgan fingerprint density at radius 1 is 1.12 bits per heavy atom. The van der Waals surface area contributed by atoms with Crippen LogP contribution in [-0.2, 0) is 12.1 Å². The fourth-order valence-electron chi connectivity index (χ4n) is 3.72. The molecule has 1 aliphatic heterocycles. The molecule has 124 valence electrons. The van der Waals surface area contributed by atoms with Crippen LogP contribution >= 0.6 is 0 Å². The van der Waals surface area contributed by atoms with Crippen molar-refractivity contribution in [3.63, 3.8) is 0 Å². The lowest BCUT2D eigenvalue weighted by atomic mass is 9.82. The van der Waals surface area contributed by atoms with Crippen LogP contribution in [0.2, 0.25) is 0 Å². The van der Waals surface area contributed by atoms with E-state index in [0.717, 1.165) is 24.1 Å². The highest BCUT2D eigenvalue weighted by Crippen LogP contribution is 2.36. The van der Waals surface area contributed by atoms with Crippen molar-refractivity contribution >= 4 is 11.0 Å². The maximum absolute atomic E-state index is 6.29. The average molecular weight is 320 g/mol. The molecule has 0 saturated heterocycles. The van der Waals surface area contributed by atoms with Gasteiger partial charge in [-0.05, 0) is 55.3 Å². The summed E-state index contributed by atoms with van der Waals surface area (Å²) in [6, 6.07) is 15.3. The van der Waals surface area contributed by atoms with E-state index in [1.165, 1.54) is 22.3 Å². The standard InChI is InChI=1S/C21H24N2O/c1-21(2,22)17-6-7-18-16(10-17)12-23(3)13-19(18)15-5-4-14-8-9-24-20(14)11-15/h4-11,19H,12-13,22H2,1-3H3. The van der Waals surface area contributed by atoms with Crippen LogP contribution in [0.1, 0.15) is 42.0 Å². The van der Waals surface area contributed by atoms with Crippen molar-refractivity contribution in [3.05, 3.63) is 71.0 Å². The molecule has 24 heavy (non-hydrogen) atoms. The summed E-state index contributed by atoms with van der Waals surface area (Å²) in [5.74, 6) is 0.364. The van der Waals surface area contributed by atoms with Crippen molar-refractivity contribution < 1.29 is 4.42 Å². The summed E-state index contributed by atoms with van der Waals surface area (Å²) in [7, 11) is 2.18. The molecule has 3 heteroatoms. The highest BCUT2D eigenvalue weighted by molar-refractivity contribution is 5.78. The molecule has 3 nitrogen and oxygen atoms in total. The van der Waals surface area contributed by atoms with E-state index < -0.39 is 0 Å². The van der Waals surface area contributed by atoms with Crippen LogP contribution in [0.4, 0.5) is 0 Å². The van der Waals surface area contributed by atoms with Crippen LogP contribution in [0.25, 0.3) is 11.0 Å². The largest absolute Gasteiger partial charge is 0.464 e. The van der Waals surface area contributed by atoms with Crippen LogP contribution in [0, 0.1) is 0 Å². The zero-order valence-electron chi connectivity index (χ0n) is 14.5. The molecule has 4 rings (SSSR count). The summed E-state index contributed by atoms with van der Waals surface area (Å²) in [5, 5.41) is 1.16. The lowest BCUT2D eigenvalue weighted by Crippen LogP contribution is -2.33. The third-order valence-corrected chi connectivity index (χ3v) is 5.08. The fourth-order valence-corrected chi connectivity index (χ4v) is 3.72. The number of furan rings is 1. The van der Waals surface area contributed by atoms with Crippen LogP contribution < -0.4 is 5.73 Å². The molecule has 1 aliphatic rings. The molecule has 2 N–H and O–H groups in total. The summed E-state index contributed by atoms with van der Waals surface area (Å²) in [5.41, 5.74) is 12.2. The van der Waals surface area contributed by atoms with Gasteiger partial charge in [0.05, 0.1) is 6.26 Å². The lowest BCUT2D eigenvalue weighted by Gasteiger charge is -2.34. The van der Waals surface area contributed by atoms with Crippen molar-refractivity contribution in [3.8, 4) is 0 Å². The fraction of sp³-hybridized carbons (Fsp3) is 0.333. The van der Waals surface area contributed by atoms with Crippen molar-refractivity contribution in [2.75, 3.05) is 13.6 Å². The SMILES string of the molecule is CN1Cc2cc(C(C)(C)N)ccc2C(c2ccc3ccoc3c2)C1. The van der Waals surface area contributed by atoms with E-state index in [1.807, 2.05) is 6.07 Å². The summed E-state index contributed by atoms with van der Waals surface area (Å²) >= 11 is 0. The maximum atomic E-state index is 6.29. The number of rotatable bonds is 2. The van der Waals surface area contributed by atoms with Gasteiger partial charge in [-0.15, -0.1) is 0 Å². The first-order valence-electron chi connectivity index (χ1n) is 8.50. The Labute approximate surface area is 143 Å². The molecular formula is C21H24N2O. The van der Waals surface area contributed by atoms with E-state index in [4.69, 9.17) is 10.2 Å².